The van der Waals surface area contributed by atoms with Crippen LogP contribution in [0.1, 0.15) is 46.1 Å². The Morgan fingerprint density at radius 3 is 2.18 bits per heavy atom. The molecular weight excluding hydrogens is 358 g/mol. The number of nitrogens with zero attached hydrogens (tertiary/aromatic N) is 1. The van der Waals surface area contributed by atoms with Crippen molar-refractivity contribution < 1.29 is 23.7 Å². The molecule has 0 spiro atoms. The number of hydrogen-bond donors (Lipinski definition) is 0. The van der Waals surface area contributed by atoms with Gasteiger partial charge in [-0.15, -0.1) is 0 Å². The van der Waals surface area contributed by atoms with E-state index < -0.39 is 5.79 Å². The molecule has 2 rings (SSSR count). The maximum absolute atomic E-state index is 11.8. The second-order valence-electron chi connectivity index (χ2n) is 7.23. The van der Waals surface area contributed by atoms with Crippen LogP contribution >= 0.6 is 0 Å². The van der Waals surface area contributed by atoms with E-state index in [1.165, 1.54) is 5.56 Å². The molecule has 0 aliphatic carbocycles. The number of piperidine rings is 1. The Bertz CT molecular complexity index is 575. The Kier molecular flexibility index (Phi) is 9.22. The molecule has 0 radical (unpaired) electrons. The van der Waals surface area contributed by atoms with E-state index >= 15 is 0 Å². The monoisotopic (exact) mass is 393 g/mol. The molecule has 0 N–H and O–H groups in total. The van der Waals surface area contributed by atoms with Gasteiger partial charge in [0, 0.05) is 19.8 Å². The van der Waals surface area contributed by atoms with Gasteiger partial charge in [0.15, 0.2) is 5.79 Å². The number of carbonyl (C=O) groups excluding carboxylic acids is 1. The van der Waals surface area contributed by atoms with Crippen molar-refractivity contribution in [3.63, 3.8) is 0 Å². The molecule has 6 heteroatoms. The molecule has 1 aliphatic heterocycles. The van der Waals surface area contributed by atoms with Gasteiger partial charge in [0.05, 0.1) is 12.5 Å². The third-order valence-corrected chi connectivity index (χ3v) is 4.94. The van der Waals surface area contributed by atoms with E-state index in [1.807, 2.05) is 39.8 Å². The zero-order chi connectivity index (χ0) is 20.4. The van der Waals surface area contributed by atoms with Crippen LogP contribution in [-0.2, 0) is 25.5 Å². The fraction of sp³-hybridized carbons (Fsp3) is 0.682. The van der Waals surface area contributed by atoms with Gasteiger partial charge in [-0.1, -0.05) is 12.1 Å². The van der Waals surface area contributed by atoms with Gasteiger partial charge >= 0.3 is 5.97 Å². The molecular formula is C22H35NO5. The van der Waals surface area contributed by atoms with Crippen LogP contribution < -0.4 is 4.74 Å². The lowest BCUT2D eigenvalue weighted by atomic mass is 9.96. The van der Waals surface area contributed by atoms with E-state index in [1.54, 1.807) is 0 Å². The topological polar surface area (TPSA) is 57.2 Å². The first-order valence-electron chi connectivity index (χ1n) is 10.4. The van der Waals surface area contributed by atoms with Crippen molar-refractivity contribution in [1.29, 1.82) is 0 Å². The number of rotatable bonds is 11. The molecule has 0 unspecified atom stereocenters. The second kappa shape index (κ2) is 11.4. The number of carbonyl (C=O) groups is 1. The third-order valence-electron chi connectivity index (χ3n) is 4.94. The Balaban J connectivity index is 1.79. The van der Waals surface area contributed by atoms with Crippen LogP contribution in [-0.4, -0.2) is 56.2 Å². The molecule has 1 aromatic carbocycles. The van der Waals surface area contributed by atoms with E-state index in [-0.39, 0.29) is 11.9 Å². The molecule has 158 valence electrons. The van der Waals surface area contributed by atoms with Gasteiger partial charge in [-0.2, -0.15) is 0 Å². The number of hydrogen-bond acceptors (Lipinski definition) is 6. The summed E-state index contributed by atoms with van der Waals surface area (Å²) < 4.78 is 22.3. The normalized spacial score (nSPS) is 16.1. The first kappa shape index (κ1) is 22.7. The molecule has 0 amide bonds. The highest BCUT2D eigenvalue weighted by molar-refractivity contribution is 5.72. The van der Waals surface area contributed by atoms with Crippen LogP contribution in [0.2, 0.25) is 0 Å². The van der Waals surface area contributed by atoms with E-state index in [0.717, 1.165) is 38.2 Å². The Morgan fingerprint density at radius 2 is 1.64 bits per heavy atom. The van der Waals surface area contributed by atoms with Crippen molar-refractivity contribution in [1.82, 2.24) is 4.90 Å². The fourth-order valence-electron chi connectivity index (χ4n) is 3.49. The Labute approximate surface area is 169 Å². The first-order chi connectivity index (χ1) is 13.5. The minimum atomic E-state index is -0.731. The first-order valence-corrected chi connectivity index (χ1v) is 10.4. The zero-order valence-corrected chi connectivity index (χ0v) is 17.7. The molecule has 1 saturated heterocycles. The van der Waals surface area contributed by atoms with Crippen LogP contribution in [0, 0.1) is 5.92 Å². The summed E-state index contributed by atoms with van der Waals surface area (Å²) in [6, 6.07) is 8.15. The molecule has 0 atom stereocenters. The molecule has 0 aromatic heterocycles. The van der Waals surface area contributed by atoms with Crippen LogP contribution in [0.3, 0.4) is 0 Å². The largest absolute Gasteiger partial charge is 0.488 e. The summed E-state index contributed by atoms with van der Waals surface area (Å²) in [6.07, 6.45) is 1.74. The van der Waals surface area contributed by atoms with Crippen LogP contribution in [0.15, 0.2) is 24.3 Å². The molecule has 1 heterocycles. The minimum Gasteiger partial charge on any atom is -0.488 e. The van der Waals surface area contributed by atoms with E-state index in [0.29, 0.717) is 26.4 Å². The summed E-state index contributed by atoms with van der Waals surface area (Å²) in [5, 5.41) is 0. The lowest BCUT2D eigenvalue weighted by Crippen LogP contribution is -2.39. The van der Waals surface area contributed by atoms with Crippen LogP contribution in [0.4, 0.5) is 0 Å². The molecule has 6 nitrogen and oxygen atoms in total. The van der Waals surface area contributed by atoms with Crippen molar-refractivity contribution in [2.75, 3.05) is 39.5 Å². The highest BCUT2D eigenvalue weighted by Crippen LogP contribution is 2.22. The molecule has 28 heavy (non-hydrogen) atoms. The fourth-order valence-corrected chi connectivity index (χ4v) is 3.49. The van der Waals surface area contributed by atoms with Gasteiger partial charge in [-0.3, -0.25) is 9.69 Å². The Morgan fingerprint density at radius 1 is 1.04 bits per heavy atom. The number of ether oxygens (including phenoxy) is 4. The maximum Gasteiger partial charge on any atom is 0.309 e. The molecule has 1 aromatic rings. The van der Waals surface area contributed by atoms with Gasteiger partial charge in [0.1, 0.15) is 12.4 Å². The minimum absolute atomic E-state index is 0.0465. The predicted molar refractivity (Wildman–Crippen MR) is 108 cm³/mol. The van der Waals surface area contributed by atoms with Crippen LogP contribution in [0.5, 0.6) is 5.75 Å². The molecule has 1 aliphatic rings. The number of esters is 1. The smallest absolute Gasteiger partial charge is 0.309 e. The number of likely N-dealkylation sites (tertiary alicyclic amines) is 1. The van der Waals surface area contributed by atoms with Crippen molar-refractivity contribution in [2.24, 2.45) is 5.92 Å². The lowest BCUT2D eigenvalue weighted by Gasteiger charge is -2.31. The summed E-state index contributed by atoms with van der Waals surface area (Å²) in [7, 11) is 0. The van der Waals surface area contributed by atoms with Crippen molar-refractivity contribution in [2.45, 2.75) is 52.9 Å². The molecule has 1 fully saturated rings. The third kappa shape index (κ3) is 7.08. The quantitative estimate of drug-likeness (QED) is 0.423. The average Bonchev–Trinajstić information content (AvgIpc) is 2.69. The van der Waals surface area contributed by atoms with Crippen LogP contribution in [0.25, 0.3) is 0 Å². The highest BCUT2D eigenvalue weighted by Gasteiger charge is 2.27. The van der Waals surface area contributed by atoms with Gasteiger partial charge < -0.3 is 18.9 Å². The predicted octanol–water partition coefficient (Wildman–Crippen LogP) is 3.63. The number of benzene rings is 1. The summed E-state index contributed by atoms with van der Waals surface area (Å²) in [4.78, 5) is 14.2. The summed E-state index contributed by atoms with van der Waals surface area (Å²) in [6.45, 7) is 12.3. The second-order valence-corrected chi connectivity index (χ2v) is 7.23. The summed E-state index contributed by atoms with van der Waals surface area (Å²) in [5.74, 6) is 0.0768. The van der Waals surface area contributed by atoms with Crippen molar-refractivity contribution in [3.8, 4) is 5.75 Å². The van der Waals surface area contributed by atoms with E-state index in [9.17, 15) is 4.79 Å². The van der Waals surface area contributed by atoms with E-state index in [4.69, 9.17) is 18.9 Å². The SMILES string of the molecule is CCOC(=O)C1CCN(Cc2ccc(OCC(C)(OCC)OCC)cc2)CC1. The zero-order valence-electron chi connectivity index (χ0n) is 17.7. The van der Waals surface area contributed by atoms with Gasteiger partial charge in [-0.25, -0.2) is 0 Å². The maximum atomic E-state index is 11.8. The molecule has 0 bridgehead atoms. The van der Waals surface area contributed by atoms with Crippen molar-refractivity contribution in [3.05, 3.63) is 29.8 Å². The Hall–Kier alpha value is -1.63. The van der Waals surface area contributed by atoms with Gasteiger partial charge in [0.2, 0.25) is 0 Å². The van der Waals surface area contributed by atoms with Gasteiger partial charge in [-0.05, 0) is 71.3 Å². The van der Waals surface area contributed by atoms with Crippen molar-refractivity contribution >= 4 is 5.97 Å². The van der Waals surface area contributed by atoms with E-state index in [2.05, 4.69) is 17.0 Å². The summed E-state index contributed by atoms with van der Waals surface area (Å²) >= 11 is 0. The van der Waals surface area contributed by atoms with Gasteiger partial charge in [0.25, 0.3) is 0 Å². The summed E-state index contributed by atoms with van der Waals surface area (Å²) in [5.41, 5.74) is 1.24. The average molecular weight is 394 g/mol. The standard InChI is InChI=1S/C22H35NO5/c1-5-25-21(24)19-12-14-23(15-13-19)16-18-8-10-20(11-9-18)26-17-22(4,27-6-2)28-7-3/h8-11,19H,5-7,12-17H2,1-4H3. The molecule has 0 saturated carbocycles. The highest BCUT2D eigenvalue weighted by atomic mass is 16.7. The lowest BCUT2D eigenvalue weighted by molar-refractivity contribution is -0.234.